The molecule has 0 aromatic heterocycles. The summed E-state index contributed by atoms with van der Waals surface area (Å²) in [6.45, 7) is 4.89. The molecule has 0 amide bonds. The lowest BCUT2D eigenvalue weighted by molar-refractivity contribution is -0.136. The molecule has 3 aromatic rings. The maximum Gasteiger partial charge on any atom is 0.333 e. The molecule has 0 atom stereocenters. The fourth-order valence-electron chi connectivity index (χ4n) is 4.38. The van der Waals surface area contributed by atoms with Crippen molar-refractivity contribution >= 4 is 23.4 Å². The summed E-state index contributed by atoms with van der Waals surface area (Å²) < 4.78 is 16.4. The van der Waals surface area contributed by atoms with Gasteiger partial charge in [-0.05, 0) is 78.4 Å². The molecule has 1 aliphatic heterocycles. The highest BCUT2D eigenvalue weighted by Crippen LogP contribution is 2.36. The van der Waals surface area contributed by atoms with Crippen LogP contribution in [0.3, 0.4) is 0 Å². The molecule has 5 nitrogen and oxygen atoms in total. The second-order valence-electron chi connectivity index (χ2n) is 8.86. The van der Waals surface area contributed by atoms with Crippen LogP contribution in [0.25, 0.3) is 17.2 Å². The first kappa shape index (κ1) is 25.5. The van der Waals surface area contributed by atoms with Crippen LogP contribution in [0.15, 0.2) is 78.4 Å². The SMILES string of the molecule is CCCCOCCOc1ccc(-c2ccc3c(c2)C=C(C(=O)OC)CCCN3c2ccccc2)cc1. The molecule has 188 valence electrons. The van der Waals surface area contributed by atoms with Crippen molar-refractivity contribution in [2.75, 3.05) is 38.4 Å². The van der Waals surface area contributed by atoms with E-state index < -0.39 is 0 Å². The van der Waals surface area contributed by atoms with Gasteiger partial charge < -0.3 is 19.1 Å². The zero-order chi connectivity index (χ0) is 25.2. The average Bonchev–Trinajstić information content (AvgIpc) is 2.91. The Morgan fingerprint density at radius 1 is 0.917 bits per heavy atom. The maximum absolute atomic E-state index is 12.4. The molecule has 0 saturated carbocycles. The van der Waals surface area contributed by atoms with E-state index in [-0.39, 0.29) is 5.97 Å². The average molecular weight is 486 g/mol. The van der Waals surface area contributed by atoms with Crippen molar-refractivity contribution in [2.45, 2.75) is 32.6 Å². The van der Waals surface area contributed by atoms with Crippen LogP contribution in [-0.2, 0) is 14.3 Å². The predicted octanol–water partition coefficient (Wildman–Crippen LogP) is 7.04. The van der Waals surface area contributed by atoms with Gasteiger partial charge in [0.15, 0.2) is 0 Å². The molecular weight excluding hydrogens is 450 g/mol. The van der Waals surface area contributed by atoms with Crippen LogP contribution in [0.4, 0.5) is 11.4 Å². The second-order valence-corrected chi connectivity index (χ2v) is 8.86. The van der Waals surface area contributed by atoms with Gasteiger partial charge in [0.25, 0.3) is 0 Å². The van der Waals surface area contributed by atoms with Gasteiger partial charge in [-0.3, -0.25) is 0 Å². The molecule has 0 unspecified atom stereocenters. The molecule has 4 rings (SSSR count). The van der Waals surface area contributed by atoms with Gasteiger partial charge in [0, 0.05) is 30.1 Å². The number of ether oxygens (including phenoxy) is 3. The van der Waals surface area contributed by atoms with E-state index in [0.717, 1.165) is 66.2 Å². The lowest BCUT2D eigenvalue weighted by Crippen LogP contribution is -2.21. The fourth-order valence-corrected chi connectivity index (χ4v) is 4.38. The van der Waals surface area contributed by atoms with Gasteiger partial charge in [0.2, 0.25) is 0 Å². The molecule has 0 saturated heterocycles. The van der Waals surface area contributed by atoms with Gasteiger partial charge in [-0.15, -0.1) is 0 Å². The minimum Gasteiger partial charge on any atom is -0.491 e. The summed E-state index contributed by atoms with van der Waals surface area (Å²) in [4.78, 5) is 14.7. The largest absolute Gasteiger partial charge is 0.491 e. The first-order chi connectivity index (χ1) is 17.7. The van der Waals surface area contributed by atoms with Gasteiger partial charge in [-0.1, -0.05) is 49.7 Å². The highest BCUT2D eigenvalue weighted by Gasteiger charge is 2.19. The number of carbonyl (C=O) groups excluding carboxylic acids is 1. The summed E-state index contributed by atoms with van der Waals surface area (Å²) in [5.74, 6) is 0.562. The van der Waals surface area contributed by atoms with Crippen molar-refractivity contribution in [1.29, 1.82) is 0 Å². The Kier molecular flexibility index (Phi) is 9.17. The summed E-state index contributed by atoms with van der Waals surface area (Å²) in [7, 11) is 1.44. The Balaban J connectivity index is 1.58. The quantitative estimate of drug-likeness (QED) is 0.228. The standard InChI is InChI=1S/C31H35NO4/c1-3-4-19-35-20-21-36-29-15-12-24(13-16-29)25-14-17-30-27(22-25)23-26(31(33)34-2)9-8-18-32(30)28-10-6-5-7-11-28/h5-7,10-17,22-23H,3-4,8-9,18-21H2,1-2H3. The number of benzene rings is 3. The Bertz CT molecular complexity index is 1150. The molecule has 0 fully saturated rings. The van der Waals surface area contributed by atoms with E-state index in [2.05, 4.69) is 66.4 Å². The third-order valence-corrected chi connectivity index (χ3v) is 6.32. The van der Waals surface area contributed by atoms with Crippen LogP contribution < -0.4 is 9.64 Å². The number of fused-ring (bicyclic) bond motifs is 1. The maximum atomic E-state index is 12.4. The topological polar surface area (TPSA) is 48.0 Å². The van der Waals surface area contributed by atoms with Crippen LogP contribution in [-0.4, -0.2) is 39.4 Å². The van der Waals surface area contributed by atoms with Crippen LogP contribution in [0.1, 0.15) is 38.2 Å². The minimum absolute atomic E-state index is 0.264. The zero-order valence-corrected chi connectivity index (χ0v) is 21.2. The highest BCUT2D eigenvalue weighted by molar-refractivity contribution is 5.95. The molecular formula is C31H35NO4. The van der Waals surface area contributed by atoms with Crippen molar-refractivity contribution in [3.8, 4) is 16.9 Å². The number of carbonyl (C=O) groups is 1. The monoisotopic (exact) mass is 485 g/mol. The molecule has 1 aliphatic rings. The van der Waals surface area contributed by atoms with E-state index in [9.17, 15) is 4.79 Å². The van der Waals surface area contributed by atoms with E-state index in [0.29, 0.717) is 25.2 Å². The van der Waals surface area contributed by atoms with E-state index >= 15 is 0 Å². The highest BCUT2D eigenvalue weighted by atomic mass is 16.5. The molecule has 36 heavy (non-hydrogen) atoms. The van der Waals surface area contributed by atoms with Crippen molar-refractivity contribution in [2.24, 2.45) is 0 Å². The van der Waals surface area contributed by atoms with Crippen LogP contribution in [0.2, 0.25) is 0 Å². The lowest BCUT2D eigenvalue weighted by Gasteiger charge is -2.29. The number of esters is 1. The van der Waals surface area contributed by atoms with Crippen molar-refractivity contribution < 1.29 is 19.0 Å². The fraction of sp³-hybridized carbons (Fsp3) is 0.323. The third kappa shape index (κ3) is 6.55. The summed E-state index contributed by atoms with van der Waals surface area (Å²) in [6, 6.07) is 24.9. The summed E-state index contributed by atoms with van der Waals surface area (Å²) in [5.41, 5.74) is 6.09. The number of hydrogen-bond donors (Lipinski definition) is 0. The number of nitrogens with zero attached hydrogens (tertiary/aromatic N) is 1. The zero-order valence-electron chi connectivity index (χ0n) is 21.2. The smallest absolute Gasteiger partial charge is 0.333 e. The second kappa shape index (κ2) is 12.9. The van der Waals surface area contributed by atoms with E-state index in [4.69, 9.17) is 14.2 Å². The van der Waals surface area contributed by atoms with Gasteiger partial charge >= 0.3 is 5.97 Å². The summed E-state index contributed by atoms with van der Waals surface area (Å²) in [5, 5.41) is 0. The molecule has 0 bridgehead atoms. The van der Waals surface area contributed by atoms with Gasteiger partial charge in [0.05, 0.1) is 13.7 Å². The molecule has 0 spiro atoms. The number of hydrogen-bond acceptors (Lipinski definition) is 5. The van der Waals surface area contributed by atoms with Crippen LogP contribution >= 0.6 is 0 Å². The number of unbranched alkanes of at least 4 members (excludes halogenated alkanes) is 1. The molecule has 0 radical (unpaired) electrons. The van der Waals surface area contributed by atoms with E-state index in [1.807, 2.05) is 24.3 Å². The van der Waals surface area contributed by atoms with Crippen molar-refractivity contribution in [3.63, 3.8) is 0 Å². The molecule has 0 N–H and O–H groups in total. The first-order valence-electron chi connectivity index (χ1n) is 12.8. The first-order valence-corrected chi connectivity index (χ1v) is 12.8. The van der Waals surface area contributed by atoms with Crippen molar-refractivity contribution in [3.05, 3.63) is 83.9 Å². The number of anilines is 2. The minimum atomic E-state index is -0.264. The van der Waals surface area contributed by atoms with E-state index in [1.54, 1.807) is 0 Å². The van der Waals surface area contributed by atoms with Gasteiger partial charge in [-0.2, -0.15) is 0 Å². The molecule has 1 heterocycles. The van der Waals surface area contributed by atoms with Gasteiger partial charge in [0.1, 0.15) is 12.4 Å². The summed E-state index contributed by atoms with van der Waals surface area (Å²) in [6.07, 6.45) is 5.73. The third-order valence-electron chi connectivity index (χ3n) is 6.32. The predicted molar refractivity (Wildman–Crippen MR) is 146 cm³/mol. The van der Waals surface area contributed by atoms with Crippen LogP contribution in [0, 0.1) is 0 Å². The Labute approximate surface area is 214 Å². The number of para-hydroxylation sites is 1. The molecule has 0 aliphatic carbocycles. The number of rotatable bonds is 10. The molecule has 3 aromatic carbocycles. The van der Waals surface area contributed by atoms with Crippen molar-refractivity contribution in [1.82, 2.24) is 0 Å². The normalized spacial score (nSPS) is 13.3. The van der Waals surface area contributed by atoms with Crippen LogP contribution in [0.5, 0.6) is 5.75 Å². The lowest BCUT2D eigenvalue weighted by atomic mass is 9.96. The Hall–Kier alpha value is -3.57. The Morgan fingerprint density at radius 2 is 1.69 bits per heavy atom. The van der Waals surface area contributed by atoms with Gasteiger partial charge in [-0.25, -0.2) is 4.79 Å². The van der Waals surface area contributed by atoms with E-state index in [1.165, 1.54) is 7.11 Å². The number of methoxy groups -OCH3 is 1. The Morgan fingerprint density at radius 3 is 2.44 bits per heavy atom. The molecule has 5 heteroatoms. The summed E-state index contributed by atoms with van der Waals surface area (Å²) >= 11 is 0.